The molecule has 2 aromatic carbocycles. The van der Waals surface area contributed by atoms with E-state index in [1.54, 1.807) is 24.3 Å². The Hall–Kier alpha value is -2.55. The molecule has 3 nitrogen and oxygen atoms in total. The van der Waals surface area contributed by atoms with E-state index in [1.807, 2.05) is 12.3 Å². The first-order valence-corrected chi connectivity index (χ1v) is 8.03. The Bertz CT molecular complexity index is 694. The molecular formula is C20H21NO2. The number of carbonyl (C=O) groups excluding carboxylic acids is 1. The van der Waals surface area contributed by atoms with Gasteiger partial charge in [0.15, 0.2) is 5.78 Å². The van der Waals surface area contributed by atoms with Crippen LogP contribution in [0, 0.1) is 0 Å². The molecule has 0 aliphatic carbocycles. The fourth-order valence-electron chi connectivity index (χ4n) is 3.08. The van der Waals surface area contributed by atoms with Crippen LogP contribution in [-0.4, -0.2) is 28.9 Å². The lowest BCUT2D eigenvalue weighted by atomic mass is 9.91. The summed E-state index contributed by atoms with van der Waals surface area (Å²) in [4.78, 5) is 14.4. The summed E-state index contributed by atoms with van der Waals surface area (Å²) in [6.07, 6.45) is 5.72. The van der Waals surface area contributed by atoms with Gasteiger partial charge < -0.3 is 10.0 Å². The highest BCUT2D eigenvalue weighted by molar-refractivity contribution is 6.06. The lowest BCUT2D eigenvalue weighted by Crippen LogP contribution is -2.30. The Labute approximate surface area is 136 Å². The van der Waals surface area contributed by atoms with E-state index in [0.717, 1.165) is 19.5 Å². The summed E-state index contributed by atoms with van der Waals surface area (Å²) in [6.45, 7) is 1.89. The van der Waals surface area contributed by atoms with E-state index in [2.05, 4.69) is 29.2 Å². The molecule has 0 saturated carbocycles. The summed E-state index contributed by atoms with van der Waals surface area (Å²) in [5, 5.41) is 9.74. The zero-order valence-corrected chi connectivity index (χ0v) is 13.1. The second-order valence-corrected chi connectivity index (χ2v) is 5.94. The molecular weight excluding hydrogens is 286 g/mol. The van der Waals surface area contributed by atoms with Crippen molar-refractivity contribution in [2.24, 2.45) is 0 Å². The van der Waals surface area contributed by atoms with Crippen LogP contribution < -0.4 is 0 Å². The Morgan fingerprint density at radius 1 is 1.09 bits per heavy atom. The van der Waals surface area contributed by atoms with Crippen LogP contribution in [0.15, 0.2) is 66.9 Å². The highest BCUT2D eigenvalue weighted by Gasteiger charge is 2.19. The van der Waals surface area contributed by atoms with Gasteiger partial charge in [0.2, 0.25) is 0 Å². The van der Waals surface area contributed by atoms with Gasteiger partial charge in [-0.15, -0.1) is 0 Å². The van der Waals surface area contributed by atoms with Crippen LogP contribution in [0.1, 0.15) is 34.7 Å². The van der Waals surface area contributed by atoms with Gasteiger partial charge in [-0.2, -0.15) is 0 Å². The minimum atomic E-state index is -0.162. The summed E-state index contributed by atoms with van der Waals surface area (Å²) in [6, 6.07) is 17.2. The first-order chi connectivity index (χ1) is 11.2. The normalized spacial score (nSPS) is 18.3. The summed E-state index contributed by atoms with van der Waals surface area (Å²) >= 11 is 0. The number of hydrogen-bond donors (Lipinski definition) is 1. The van der Waals surface area contributed by atoms with Gasteiger partial charge in [-0.25, -0.2) is 0 Å². The van der Waals surface area contributed by atoms with E-state index in [4.69, 9.17) is 0 Å². The minimum absolute atomic E-state index is 0.0305. The Morgan fingerprint density at radius 2 is 1.83 bits per heavy atom. The number of nitrogens with zero attached hydrogens (tertiary/aromatic N) is 1. The molecule has 1 N–H and O–H groups in total. The number of benzene rings is 2. The highest BCUT2D eigenvalue weighted by Crippen LogP contribution is 2.27. The number of allylic oxidation sites excluding steroid dienone is 1. The number of carbonyl (C=O) groups is 1. The number of aromatic hydroxyl groups is 1. The van der Waals surface area contributed by atoms with Crippen molar-refractivity contribution < 1.29 is 9.90 Å². The maximum Gasteiger partial charge on any atom is 0.190 e. The molecule has 3 heteroatoms. The molecule has 23 heavy (non-hydrogen) atoms. The van der Waals surface area contributed by atoms with Crippen LogP contribution in [0.5, 0.6) is 5.75 Å². The molecule has 3 rings (SSSR count). The van der Waals surface area contributed by atoms with E-state index in [9.17, 15) is 9.90 Å². The van der Waals surface area contributed by atoms with Crippen molar-refractivity contribution in [1.82, 2.24) is 4.90 Å². The topological polar surface area (TPSA) is 40.5 Å². The van der Waals surface area contributed by atoms with E-state index in [0.29, 0.717) is 11.5 Å². The number of phenolic OH excluding ortho intramolecular Hbond substituents is 1. The smallest absolute Gasteiger partial charge is 0.190 e. The molecule has 0 spiro atoms. The number of rotatable bonds is 4. The molecule has 0 amide bonds. The zero-order chi connectivity index (χ0) is 16.1. The molecule has 0 radical (unpaired) electrons. The summed E-state index contributed by atoms with van der Waals surface area (Å²) < 4.78 is 0. The van der Waals surface area contributed by atoms with E-state index < -0.39 is 0 Å². The Kier molecular flexibility index (Phi) is 4.77. The quantitative estimate of drug-likeness (QED) is 0.686. The lowest BCUT2D eigenvalue weighted by molar-refractivity contribution is 0.104. The average molecular weight is 307 g/mol. The molecule has 0 bridgehead atoms. The van der Waals surface area contributed by atoms with Crippen LogP contribution in [-0.2, 0) is 0 Å². The number of para-hydroxylation sites is 1. The SMILES string of the molecule is O=C(/C=C/N1CCCC(c2ccccc2)C1)c1ccccc1O. The van der Waals surface area contributed by atoms with Gasteiger partial charge in [-0.3, -0.25) is 4.79 Å². The third-order valence-electron chi connectivity index (χ3n) is 4.33. The standard InChI is InChI=1S/C20H21NO2/c22-19-11-5-4-10-18(19)20(23)12-14-21-13-6-9-17(15-21)16-7-2-1-3-8-16/h1-5,7-8,10-12,14,17,22H,6,9,13,15H2/b14-12+. The van der Waals surface area contributed by atoms with Gasteiger partial charge in [0, 0.05) is 31.3 Å². The van der Waals surface area contributed by atoms with Crippen molar-refractivity contribution in [1.29, 1.82) is 0 Å². The van der Waals surface area contributed by atoms with Crippen LogP contribution in [0.4, 0.5) is 0 Å². The molecule has 1 atom stereocenters. The van der Waals surface area contributed by atoms with Crippen molar-refractivity contribution >= 4 is 5.78 Å². The van der Waals surface area contributed by atoms with Gasteiger partial charge in [-0.1, -0.05) is 42.5 Å². The van der Waals surface area contributed by atoms with Gasteiger partial charge in [-0.05, 0) is 30.5 Å². The Balaban J connectivity index is 1.66. The van der Waals surface area contributed by atoms with Crippen LogP contribution >= 0.6 is 0 Å². The summed E-state index contributed by atoms with van der Waals surface area (Å²) in [5.74, 6) is 0.378. The molecule has 1 aliphatic rings. The second kappa shape index (κ2) is 7.14. The lowest BCUT2D eigenvalue weighted by Gasteiger charge is -2.32. The largest absolute Gasteiger partial charge is 0.507 e. The van der Waals surface area contributed by atoms with Crippen molar-refractivity contribution in [2.45, 2.75) is 18.8 Å². The molecule has 1 unspecified atom stereocenters. The number of likely N-dealkylation sites (tertiary alicyclic amines) is 1. The predicted octanol–water partition coefficient (Wildman–Crippen LogP) is 3.97. The molecule has 2 aromatic rings. The van der Waals surface area contributed by atoms with Gasteiger partial charge >= 0.3 is 0 Å². The van der Waals surface area contributed by atoms with Crippen molar-refractivity contribution in [3.05, 3.63) is 78.0 Å². The number of piperidine rings is 1. The van der Waals surface area contributed by atoms with Crippen molar-refractivity contribution in [2.75, 3.05) is 13.1 Å². The molecule has 0 aromatic heterocycles. The second-order valence-electron chi connectivity index (χ2n) is 5.94. The van der Waals surface area contributed by atoms with Crippen LogP contribution in [0.25, 0.3) is 0 Å². The zero-order valence-electron chi connectivity index (χ0n) is 13.1. The highest BCUT2D eigenvalue weighted by atomic mass is 16.3. The third kappa shape index (κ3) is 3.81. The number of ketones is 1. The predicted molar refractivity (Wildman–Crippen MR) is 91.6 cm³/mol. The monoisotopic (exact) mass is 307 g/mol. The van der Waals surface area contributed by atoms with Crippen LogP contribution in [0.2, 0.25) is 0 Å². The molecule has 1 fully saturated rings. The number of phenols is 1. The molecule has 1 aliphatic heterocycles. The average Bonchev–Trinajstić information content (AvgIpc) is 2.61. The molecule has 1 heterocycles. The molecule has 1 saturated heterocycles. The van der Waals surface area contributed by atoms with Crippen molar-refractivity contribution in [3.63, 3.8) is 0 Å². The van der Waals surface area contributed by atoms with E-state index >= 15 is 0 Å². The maximum atomic E-state index is 12.2. The van der Waals surface area contributed by atoms with E-state index in [1.165, 1.54) is 18.1 Å². The first kappa shape index (κ1) is 15.3. The van der Waals surface area contributed by atoms with Gasteiger partial charge in [0.25, 0.3) is 0 Å². The van der Waals surface area contributed by atoms with Gasteiger partial charge in [0.1, 0.15) is 5.75 Å². The van der Waals surface area contributed by atoms with E-state index in [-0.39, 0.29) is 11.5 Å². The molecule has 118 valence electrons. The maximum absolute atomic E-state index is 12.2. The fraction of sp³-hybridized carbons (Fsp3) is 0.250. The fourth-order valence-corrected chi connectivity index (χ4v) is 3.08. The number of hydrogen-bond acceptors (Lipinski definition) is 3. The van der Waals surface area contributed by atoms with Gasteiger partial charge in [0.05, 0.1) is 5.56 Å². The summed E-state index contributed by atoms with van der Waals surface area (Å²) in [5.41, 5.74) is 1.71. The van der Waals surface area contributed by atoms with Crippen molar-refractivity contribution in [3.8, 4) is 5.75 Å². The summed E-state index contributed by atoms with van der Waals surface area (Å²) in [7, 11) is 0. The first-order valence-electron chi connectivity index (χ1n) is 8.03. The third-order valence-corrected chi connectivity index (χ3v) is 4.33. The minimum Gasteiger partial charge on any atom is -0.507 e. The Morgan fingerprint density at radius 3 is 2.61 bits per heavy atom. The van der Waals surface area contributed by atoms with Crippen LogP contribution in [0.3, 0.4) is 0 Å².